The zero-order valence-corrected chi connectivity index (χ0v) is 14.7. The topological polar surface area (TPSA) is 75.7 Å². The summed E-state index contributed by atoms with van der Waals surface area (Å²) in [6.07, 6.45) is 2.24. The Labute approximate surface area is 143 Å². The van der Waals surface area contributed by atoms with Crippen molar-refractivity contribution in [1.29, 1.82) is 0 Å². The van der Waals surface area contributed by atoms with E-state index in [0.717, 1.165) is 11.3 Å². The zero-order chi connectivity index (χ0) is 17.6. The molecule has 1 saturated heterocycles. The first-order chi connectivity index (χ1) is 11.4. The number of nitrogens with zero attached hydrogens (tertiary/aromatic N) is 1. The van der Waals surface area contributed by atoms with Crippen molar-refractivity contribution in [3.05, 3.63) is 42.5 Å². The highest BCUT2D eigenvalue weighted by Crippen LogP contribution is 2.14. The number of hydrogen-bond donors (Lipinski definition) is 1. The maximum Gasteiger partial charge on any atom is 0.234 e. The van der Waals surface area contributed by atoms with Gasteiger partial charge in [-0.2, -0.15) is 0 Å². The van der Waals surface area contributed by atoms with Crippen molar-refractivity contribution < 1.29 is 17.9 Å². The first kappa shape index (κ1) is 18.5. The highest BCUT2D eigenvalue weighted by molar-refractivity contribution is 7.91. The van der Waals surface area contributed by atoms with Crippen molar-refractivity contribution in [3.8, 4) is 5.75 Å². The van der Waals surface area contributed by atoms with E-state index < -0.39 is 9.84 Å². The lowest BCUT2D eigenvalue weighted by Crippen LogP contribution is -2.42. The Bertz CT molecular complexity index is 670. The summed E-state index contributed by atoms with van der Waals surface area (Å²) in [6.45, 7) is 5.10. The highest BCUT2D eigenvalue weighted by Gasteiger charge is 2.29. The zero-order valence-electron chi connectivity index (χ0n) is 13.9. The van der Waals surface area contributed by atoms with Gasteiger partial charge in [0.05, 0.1) is 25.2 Å². The fourth-order valence-electron chi connectivity index (χ4n) is 2.74. The van der Waals surface area contributed by atoms with Crippen LogP contribution >= 0.6 is 0 Å². The molecule has 1 aromatic carbocycles. The number of ether oxygens (including phenoxy) is 1. The van der Waals surface area contributed by atoms with E-state index in [0.29, 0.717) is 19.5 Å². The maximum absolute atomic E-state index is 12.2. The third-order valence-corrected chi connectivity index (χ3v) is 5.69. The van der Waals surface area contributed by atoms with E-state index in [1.807, 2.05) is 29.2 Å². The van der Waals surface area contributed by atoms with Gasteiger partial charge in [0.15, 0.2) is 9.84 Å². The molecule has 24 heavy (non-hydrogen) atoms. The standard InChI is InChI=1S/C17H24N2O4S/c1-3-9-19(11-14-4-6-16(23-2)7-5-14)12-17(20)18-15-8-10-24(21,22)13-15/h3-7,15H,1,8-13H2,2H3,(H,18,20)/t15-/m0/s1. The van der Waals surface area contributed by atoms with Crippen LogP contribution in [0, 0.1) is 0 Å². The van der Waals surface area contributed by atoms with Gasteiger partial charge in [0.2, 0.25) is 5.91 Å². The minimum absolute atomic E-state index is 0.0404. The lowest BCUT2D eigenvalue weighted by Gasteiger charge is -2.21. The first-order valence-electron chi connectivity index (χ1n) is 7.88. The second-order valence-corrected chi connectivity index (χ2v) is 8.20. The molecule has 7 heteroatoms. The molecule has 1 aliphatic rings. The molecule has 1 fully saturated rings. The minimum atomic E-state index is -2.99. The number of carbonyl (C=O) groups excluding carboxylic acids is 1. The molecule has 0 radical (unpaired) electrons. The smallest absolute Gasteiger partial charge is 0.234 e. The van der Waals surface area contributed by atoms with Gasteiger partial charge in [0.25, 0.3) is 0 Å². The lowest BCUT2D eigenvalue weighted by atomic mass is 10.2. The van der Waals surface area contributed by atoms with Crippen LogP contribution in [0.5, 0.6) is 5.75 Å². The van der Waals surface area contributed by atoms with Crippen LogP contribution in [0.3, 0.4) is 0 Å². The fraction of sp³-hybridized carbons (Fsp3) is 0.471. The number of nitrogens with one attached hydrogen (secondary N) is 1. The number of benzene rings is 1. The number of carbonyl (C=O) groups is 1. The average Bonchev–Trinajstić information content (AvgIpc) is 2.87. The van der Waals surface area contributed by atoms with Crippen molar-refractivity contribution in [3.63, 3.8) is 0 Å². The number of rotatable bonds is 8. The van der Waals surface area contributed by atoms with Gasteiger partial charge in [-0.25, -0.2) is 8.42 Å². The summed E-state index contributed by atoms with van der Waals surface area (Å²) >= 11 is 0. The van der Waals surface area contributed by atoms with Gasteiger partial charge in [0, 0.05) is 19.1 Å². The van der Waals surface area contributed by atoms with Gasteiger partial charge in [-0.1, -0.05) is 18.2 Å². The van der Waals surface area contributed by atoms with Crippen molar-refractivity contribution in [2.24, 2.45) is 0 Å². The minimum Gasteiger partial charge on any atom is -0.497 e. The Kier molecular flexibility index (Phi) is 6.39. The van der Waals surface area contributed by atoms with Crippen molar-refractivity contribution in [2.75, 3.05) is 31.7 Å². The molecule has 0 aliphatic carbocycles. The van der Waals surface area contributed by atoms with Gasteiger partial charge in [-0.3, -0.25) is 9.69 Å². The van der Waals surface area contributed by atoms with Crippen molar-refractivity contribution in [2.45, 2.75) is 19.0 Å². The molecule has 6 nitrogen and oxygen atoms in total. The monoisotopic (exact) mass is 352 g/mol. The molecule has 0 unspecified atom stereocenters. The molecule has 1 aliphatic heterocycles. The Morgan fingerprint density at radius 1 is 1.42 bits per heavy atom. The van der Waals surface area contributed by atoms with Gasteiger partial charge >= 0.3 is 0 Å². The molecule has 2 rings (SSSR count). The highest BCUT2D eigenvalue weighted by atomic mass is 32.2. The summed E-state index contributed by atoms with van der Waals surface area (Å²) in [4.78, 5) is 14.1. The number of amides is 1. The molecule has 0 aromatic heterocycles. The molecule has 0 bridgehead atoms. The molecular formula is C17H24N2O4S. The third kappa shape index (κ3) is 5.65. The van der Waals surface area contributed by atoms with Crippen molar-refractivity contribution in [1.82, 2.24) is 10.2 Å². The Balaban J connectivity index is 1.89. The van der Waals surface area contributed by atoms with Crippen LogP contribution in [0.4, 0.5) is 0 Å². The Morgan fingerprint density at radius 3 is 2.67 bits per heavy atom. The SMILES string of the molecule is C=CCN(CC(=O)N[C@H]1CCS(=O)(=O)C1)Cc1ccc(OC)cc1. The predicted molar refractivity (Wildman–Crippen MR) is 93.7 cm³/mol. The molecule has 0 saturated carbocycles. The van der Waals surface area contributed by atoms with E-state index in [1.165, 1.54) is 0 Å². The summed E-state index contributed by atoms with van der Waals surface area (Å²) in [6, 6.07) is 7.40. The molecular weight excluding hydrogens is 328 g/mol. The predicted octanol–water partition coefficient (Wildman–Crippen LogP) is 0.987. The second-order valence-electron chi connectivity index (χ2n) is 5.97. The van der Waals surface area contributed by atoms with Crippen LogP contribution in [-0.4, -0.2) is 57.0 Å². The third-order valence-electron chi connectivity index (χ3n) is 3.92. The van der Waals surface area contributed by atoms with E-state index in [4.69, 9.17) is 4.74 Å². The summed E-state index contributed by atoms with van der Waals surface area (Å²) in [5.41, 5.74) is 1.06. The summed E-state index contributed by atoms with van der Waals surface area (Å²) in [7, 11) is -1.37. The molecule has 132 valence electrons. The first-order valence-corrected chi connectivity index (χ1v) is 9.70. The van der Waals surface area contributed by atoms with Crippen LogP contribution in [0.2, 0.25) is 0 Å². The van der Waals surface area contributed by atoms with Gasteiger partial charge in [0.1, 0.15) is 5.75 Å². The van der Waals surface area contributed by atoms with E-state index in [-0.39, 0.29) is 30.0 Å². The fourth-order valence-corrected chi connectivity index (χ4v) is 4.42. The van der Waals surface area contributed by atoms with Crippen LogP contribution < -0.4 is 10.1 Å². The molecule has 0 spiro atoms. The average molecular weight is 352 g/mol. The quantitative estimate of drug-likeness (QED) is 0.706. The number of methoxy groups -OCH3 is 1. The van der Waals surface area contributed by atoms with Gasteiger partial charge in [-0.15, -0.1) is 6.58 Å². The van der Waals surface area contributed by atoms with Crippen LogP contribution in [0.25, 0.3) is 0 Å². The normalized spacial score (nSPS) is 19.2. The van der Waals surface area contributed by atoms with Crippen LogP contribution in [-0.2, 0) is 21.2 Å². The molecule has 1 N–H and O–H groups in total. The van der Waals surface area contributed by atoms with Gasteiger partial charge < -0.3 is 10.1 Å². The summed E-state index contributed by atoms with van der Waals surface area (Å²) < 4.78 is 28.0. The number of sulfone groups is 1. The Morgan fingerprint density at radius 2 is 2.12 bits per heavy atom. The summed E-state index contributed by atoms with van der Waals surface area (Å²) in [5, 5.41) is 2.81. The van der Waals surface area contributed by atoms with E-state index in [1.54, 1.807) is 13.2 Å². The van der Waals surface area contributed by atoms with E-state index >= 15 is 0 Å². The Hall–Kier alpha value is -1.86. The number of hydrogen-bond acceptors (Lipinski definition) is 5. The van der Waals surface area contributed by atoms with Gasteiger partial charge in [-0.05, 0) is 24.1 Å². The van der Waals surface area contributed by atoms with Crippen LogP contribution in [0.1, 0.15) is 12.0 Å². The largest absolute Gasteiger partial charge is 0.497 e. The van der Waals surface area contributed by atoms with Crippen molar-refractivity contribution >= 4 is 15.7 Å². The van der Waals surface area contributed by atoms with E-state index in [2.05, 4.69) is 11.9 Å². The molecule has 1 heterocycles. The lowest BCUT2D eigenvalue weighted by molar-refractivity contribution is -0.122. The maximum atomic E-state index is 12.2. The van der Waals surface area contributed by atoms with Crippen LogP contribution in [0.15, 0.2) is 36.9 Å². The molecule has 1 atom stereocenters. The second kappa shape index (κ2) is 8.30. The summed E-state index contributed by atoms with van der Waals surface area (Å²) in [5.74, 6) is 0.820. The molecule has 1 amide bonds. The molecule has 1 aromatic rings. The van der Waals surface area contributed by atoms with E-state index in [9.17, 15) is 13.2 Å².